The first-order valence-electron chi connectivity index (χ1n) is 4.71. The summed E-state index contributed by atoms with van der Waals surface area (Å²) in [5.74, 6) is 1.07. The normalized spacial score (nSPS) is 14.3. The fourth-order valence-electron chi connectivity index (χ4n) is 1.54. The molecule has 0 fully saturated rings. The van der Waals surface area contributed by atoms with Crippen molar-refractivity contribution >= 4 is 23.5 Å². The first-order chi connectivity index (χ1) is 6.81. The Kier molecular flexibility index (Phi) is 2.79. The summed E-state index contributed by atoms with van der Waals surface area (Å²) in [6.45, 7) is 2.71. The van der Waals surface area contributed by atoms with Crippen molar-refractivity contribution in [3.63, 3.8) is 0 Å². The minimum absolute atomic E-state index is 0.577. The van der Waals surface area contributed by atoms with E-state index in [1.54, 1.807) is 0 Å². The van der Waals surface area contributed by atoms with Gasteiger partial charge in [0.25, 0.3) is 0 Å². The van der Waals surface area contributed by atoms with Crippen molar-refractivity contribution in [2.75, 3.05) is 17.4 Å². The number of fused-ring (bicyclic) bond motifs is 1. The van der Waals surface area contributed by atoms with Gasteiger partial charge in [0.2, 0.25) is 0 Å². The predicted octanol–water partition coefficient (Wildman–Crippen LogP) is 3.02. The molecule has 1 aromatic carbocycles. The van der Waals surface area contributed by atoms with Crippen LogP contribution in [0.4, 0.5) is 5.69 Å². The molecule has 0 saturated heterocycles. The highest BCUT2D eigenvalue weighted by Gasteiger charge is 2.10. The summed E-state index contributed by atoms with van der Waals surface area (Å²) >= 11 is 1.82. The standard InChI is InChI=1S/C11H13NOS/c1-2-14-10-5-6-11-9(8-10)4-3-7-12(11)13/h3-6,8,13H,2,7H2,1H3. The molecule has 1 aliphatic heterocycles. The van der Waals surface area contributed by atoms with Gasteiger partial charge < -0.3 is 0 Å². The Bertz CT molecular complexity index is 362. The monoisotopic (exact) mass is 207 g/mol. The van der Waals surface area contributed by atoms with E-state index in [1.807, 2.05) is 23.9 Å². The number of rotatable bonds is 2. The van der Waals surface area contributed by atoms with E-state index in [9.17, 15) is 5.21 Å². The molecule has 2 nitrogen and oxygen atoms in total. The zero-order valence-corrected chi connectivity index (χ0v) is 8.92. The van der Waals surface area contributed by atoms with E-state index in [0.29, 0.717) is 6.54 Å². The van der Waals surface area contributed by atoms with Crippen molar-refractivity contribution in [2.45, 2.75) is 11.8 Å². The largest absolute Gasteiger partial charge is 0.288 e. The first-order valence-corrected chi connectivity index (χ1v) is 5.69. The molecule has 1 N–H and O–H groups in total. The van der Waals surface area contributed by atoms with Crippen molar-refractivity contribution in [2.24, 2.45) is 0 Å². The number of nitrogens with zero attached hydrogens (tertiary/aromatic N) is 1. The van der Waals surface area contributed by atoms with E-state index in [-0.39, 0.29) is 0 Å². The molecule has 74 valence electrons. The number of anilines is 1. The predicted molar refractivity (Wildman–Crippen MR) is 61.0 cm³/mol. The van der Waals surface area contributed by atoms with Crippen LogP contribution in [0, 0.1) is 0 Å². The molecule has 0 bridgehead atoms. The Morgan fingerprint density at radius 2 is 2.36 bits per heavy atom. The summed E-state index contributed by atoms with van der Waals surface area (Å²) in [7, 11) is 0. The summed E-state index contributed by atoms with van der Waals surface area (Å²) in [4.78, 5) is 1.26. The summed E-state index contributed by atoms with van der Waals surface area (Å²) in [5, 5.41) is 10.8. The van der Waals surface area contributed by atoms with E-state index in [0.717, 1.165) is 17.0 Å². The lowest BCUT2D eigenvalue weighted by molar-refractivity contribution is 0.265. The zero-order valence-electron chi connectivity index (χ0n) is 8.10. The molecular formula is C11H13NOS. The van der Waals surface area contributed by atoms with Crippen LogP contribution < -0.4 is 5.06 Å². The summed E-state index contributed by atoms with van der Waals surface area (Å²) in [5.41, 5.74) is 1.99. The Hall–Kier alpha value is -0.930. The number of hydrogen-bond acceptors (Lipinski definition) is 3. The molecule has 14 heavy (non-hydrogen) atoms. The first kappa shape index (κ1) is 9.62. The molecular weight excluding hydrogens is 194 g/mol. The lowest BCUT2D eigenvalue weighted by Gasteiger charge is -2.21. The maximum absolute atomic E-state index is 9.56. The van der Waals surface area contributed by atoms with Gasteiger partial charge in [-0.05, 0) is 24.0 Å². The molecule has 1 heterocycles. The van der Waals surface area contributed by atoms with Crippen molar-refractivity contribution < 1.29 is 5.21 Å². The molecule has 0 saturated carbocycles. The number of hydrogen-bond donors (Lipinski definition) is 1. The molecule has 0 aliphatic carbocycles. The third-order valence-electron chi connectivity index (χ3n) is 2.16. The molecule has 3 heteroatoms. The Morgan fingerprint density at radius 1 is 1.50 bits per heavy atom. The second-order valence-corrected chi connectivity index (χ2v) is 4.48. The molecule has 0 atom stereocenters. The van der Waals surface area contributed by atoms with Gasteiger partial charge in [0.1, 0.15) is 0 Å². The quantitative estimate of drug-likeness (QED) is 0.754. The lowest BCUT2D eigenvalue weighted by Crippen LogP contribution is -2.20. The number of benzene rings is 1. The maximum atomic E-state index is 9.56. The average molecular weight is 207 g/mol. The average Bonchev–Trinajstić information content (AvgIpc) is 2.18. The number of thioether (sulfide) groups is 1. The van der Waals surface area contributed by atoms with Crippen molar-refractivity contribution in [3.8, 4) is 0 Å². The summed E-state index contributed by atoms with van der Waals surface area (Å²) in [6, 6.07) is 6.13. The minimum Gasteiger partial charge on any atom is -0.288 e. The van der Waals surface area contributed by atoms with Gasteiger partial charge in [-0.3, -0.25) is 10.3 Å². The second kappa shape index (κ2) is 4.07. The van der Waals surface area contributed by atoms with Crippen LogP contribution in [-0.2, 0) is 0 Å². The third kappa shape index (κ3) is 1.79. The van der Waals surface area contributed by atoms with Crippen LogP contribution in [0.25, 0.3) is 6.08 Å². The van der Waals surface area contributed by atoms with E-state index >= 15 is 0 Å². The highest BCUT2D eigenvalue weighted by atomic mass is 32.2. The van der Waals surface area contributed by atoms with Gasteiger partial charge in [-0.25, -0.2) is 0 Å². The van der Waals surface area contributed by atoms with Crippen LogP contribution in [0.3, 0.4) is 0 Å². The van der Waals surface area contributed by atoms with E-state index in [1.165, 1.54) is 9.96 Å². The van der Waals surface area contributed by atoms with Crippen LogP contribution in [0.1, 0.15) is 12.5 Å². The van der Waals surface area contributed by atoms with E-state index in [2.05, 4.69) is 25.1 Å². The van der Waals surface area contributed by atoms with Crippen LogP contribution in [0.15, 0.2) is 29.2 Å². The highest BCUT2D eigenvalue weighted by molar-refractivity contribution is 7.99. The van der Waals surface area contributed by atoms with Crippen molar-refractivity contribution in [1.82, 2.24) is 0 Å². The molecule has 0 amide bonds. The Balaban J connectivity index is 2.35. The van der Waals surface area contributed by atoms with E-state index < -0.39 is 0 Å². The highest BCUT2D eigenvalue weighted by Crippen LogP contribution is 2.29. The fraction of sp³-hybridized carbons (Fsp3) is 0.273. The molecule has 0 radical (unpaired) electrons. The van der Waals surface area contributed by atoms with Crippen molar-refractivity contribution in [1.29, 1.82) is 0 Å². The van der Waals surface area contributed by atoms with Crippen LogP contribution in [-0.4, -0.2) is 17.5 Å². The molecule has 0 spiro atoms. The minimum atomic E-state index is 0.577. The smallest absolute Gasteiger partial charge is 0.0710 e. The topological polar surface area (TPSA) is 23.5 Å². The van der Waals surface area contributed by atoms with Gasteiger partial charge in [-0.15, -0.1) is 11.8 Å². The number of hydroxylamine groups is 1. The Labute approximate surface area is 88.2 Å². The zero-order chi connectivity index (χ0) is 9.97. The van der Waals surface area contributed by atoms with Gasteiger partial charge in [0, 0.05) is 10.5 Å². The second-order valence-electron chi connectivity index (χ2n) is 3.14. The summed E-state index contributed by atoms with van der Waals surface area (Å²) < 4.78 is 0. The van der Waals surface area contributed by atoms with Gasteiger partial charge in [-0.2, -0.15) is 0 Å². The third-order valence-corrected chi connectivity index (χ3v) is 3.04. The van der Waals surface area contributed by atoms with E-state index in [4.69, 9.17) is 0 Å². The van der Waals surface area contributed by atoms with Gasteiger partial charge >= 0.3 is 0 Å². The maximum Gasteiger partial charge on any atom is 0.0710 e. The van der Waals surface area contributed by atoms with Gasteiger partial charge in [0.05, 0.1) is 12.2 Å². The molecule has 2 rings (SSSR count). The van der Waals surface area contributed by atoms with Crippen LogP contribution in [0.2, 0.25) is 0 Å². The Morgan fingerprint density at radius 3 is 3.14 bits per heavy atom. The van der Waals surface area contributed by atoms with Gasteiger partial charge in [0.15, 0.2) is 0 Å². The van der Waals surface area contributed by atoms with Crippen LogP contribution in [0.5, 0.6) is 0 Å². The fourth-order valence-corrected chi connectivity index (χ4v) is 2.24. The SMILES string of the molecule is CCSc1ccc2c(c1)C=CCN2O. The summed E-state index contributed by atoms with van der Waals surface area (Å²) in [6.07, 6.45) is 4.02. The van der Waals surface area contributed by atoms with Crippen molar-refractivity contribution in [3.05, 3.63) is 29.8 Å². The molecule has 1 aliphatic rings. The van der Waals surface area contributed by atoms with Crippen LogP contribution >= 0.6 is 11.8 Å². The molecule has 0 unspecified atom stereocenters. The lowest BCUT2D eigenvalue weighted by atomic mass is 10.1. The molecule has 0 aromatic heterocycles. The molecule has 1 aromatic rings. The van der Waals surface area contributed by atoms with Gasteiger partial charge in [-0.1, -0.05) is 19.1 Å².